The topological polar surface area (TPSA) is 58.5 Å². The Balaban J connectivity index is 1.78. The average molecular weight is 477 g/mol. The normalized spacial score (nSPS) is 21.3. The van der Waals surface area contributed by atoms with Gasteiger partial charge in [0.05, 0.1) is 5.75 Å². The first-order chi connectivity index (χ1) is 15.7. The minimum Gasteiger partial charge on any atom is -0.274 e. The Morgan fingerprint density at radius 3 is 1.82 bits per heavy atom. The van der Waals surface area contributed by atoms with Crippen molar-refractivity contribution in [1.82, 2.24) is 4.72 Å². The number of amides is 1. The summed E-state index contributed by atoms with van der Waals surface area (Å²) in [4.78, 5) is 13.1. The second-order valence-electron chi connectivity index (χ2n) is 9.77. The van der Waals surface area contributed by atoms with Gasteiger partial charge in [0, 0.05) is 5.92 Å². The van der Waals surface area contributed by atoms with Crippen LogP contribution in [0.15, 0.2) is 95.0 Å². The fourth-order valence-corrected chi connectivity index (χ4v) is 13.6. The molecule has 0 radical (unpaired) electrons. The molecule has 3 aromatic carbocycles. The number of carbonyl (C=O) groups is 1. The number of nitrogens with zero attached hydrogens (tertiary/aromatic N) is 1. The van der Waals surface area contributed by atoms with Crippen molar-refractivity contribution >= 4 is 34.4 Å². The zero-order valence-corrected chi connectivity index (χ0v) is 21.3. The molecule has 6 heteroatoms. The molecule has 0 aromatic heterocycles. The van der Waals surface area contributed by atoms with Crippen LogP contribution in [0.3, 0.4) is 0 Å². The minimum atomic E-state index is -2.91. The summed E-state index contributed by atoms with van der Waals surface area (Å²) in [5, 5.41) is 1.95. The van der Waals surface area contributed by atoms with Crippen LogP contribution in [0.25, 0.3) is 0 Å². The fourth-order valence-electron chi connectivity index (χ4n) is 4.74. The maximum Gasteiger partial charge on any atom is 0.262 e. The number of rotatable bonds is 5. The van der Waals surface area contributed by atoms with Gasteiger partial charge in [-0.1, -0.05) is 112 Å². The highest BCUT2D eigenvalue weighted by Crippen LogP contribution is 2.38. The van der Waals surface area contributed by atoms with Crippen LogP contribution in [0.5, 0.6) is 0 Å². The third-order valence-electron chi connectivity index (χ3n) is 6.45. The molecule has 4 nitrogen and oxygen atoms in total. The van der Waals surface area contributed by atoms with Crippen LogP contribution in [0.2, 0.25) is 5.04 Å². The maximum absolute atomic E-state index is 14.2. The van der Waals surface area contributed by atoms with Crippen molar-refractivity contribution in [2.24, 2.45) is 9.95 Å². The largest absolute Gasteiger partial charge is 0.274 e. The van der Waals surface area contributed by atoms with E-state index in [9.17, 15) is 9.00 Å². The van der Waals surface area contributed by atoms with E-state index in [4.69, 9.17) is 4.03 Å². The zero-order valence-electron chi connectivity index (χ0n) is 19.5. The predicted molar refractivity (Wildman–Crippen MR) is 139 cm³/mol. The summed E-state index contributed by atoms with van der Waals surface area (Å²) >= 11 is 0. The van der Waals surface area contributed by atoms with E-state index in [1.54, 1.807) is 0 Å². The highest BCUT2D eigenvalue weighted by molar-refractivity contribution is 7.93. The van der Waals surface area contributed by atoms with Crippen molar-refractivity contribution in [3.8, 4) is 0 Å². The first-order valence-electron chi connectivity index (χ1n) is 11.5. The predicted octanol–water partition coefficient (Wildman–Crippen LogP) is 4.31. The number of carbonyl (C=O) groups excluding carboxylic acids is 1. The monoisotopic (exact) mass is 476 g/mol. The molecule has 4 rings (SSSR count). The van der Waals surface area contributed by atoms with E-state index in [0.29, 0.717) is 18.6 Å². The summed E-state index contributed by atoms with van der Waals surface area (Å²) in [6.45, 7) is 6.52. The van der Waals surface area contributed by atoms with Crippen molar-refractivity contribution in [3.05, 3.63) is 96.6 Å². The van der Waals surface area contributed by atoms with Crippen molar-refractivity contribution in [3.63, 3.8) is 0 Å². The molecule has 33 heavy (non-hydrogen) atoms. The highest BCUT2D eigenvalue weighted by atomic mass is 32.2. The molecule has 0 bridgehead atoms. The Hall–Kier alpha value is -2.70. The van der Waals surface area contributed by atoms with E-state index in [-0.39, 0.29) is 16.9 Å². The van der Waals surface area contributed by atoms with E-state index in [2.05, 4.69) is 49.8 Å². The molecular weight excluding hydrogens is 444 g/mol. The molecule has 2 atom stereocenters. The van der Waals surface area contributed by atoms with Crippen LogP contribution in [0.4, 0.5) is 0 Å². The van der Waals surface area contributed by atoms with E-state index in [1.807, 2.05) is 66.7 Å². The summed E-state index contributed by atoms with van der Waals surface area (Å²) in [5.41, 5.74) is 1.12. The molecule has 172 valence electrons. The highest BCUT2D eigenvalue weighted by Gasteiger charge is 2.50. The zero-order chi connectivity index (χ0) is 23.5. The van der Waals surface area contributed by atoms with Crippen molar-refractivity contribution in [2.45, 2.75) is 38.7 Å². The van der Waals surface area contributed by atoms with Gasteiger partial charge in [-0.05, 0) is 33.8 Å². The molecule has 0 spiro atoms. The van der Waals surface area contributed by atoms with Gasteiger partial charge in [-0.25, -0.2) is 8.24 Å². The molecule has 2 unspecified atom stereocenters. The number of nitrogens with one attached hydrogen (secondary N) is 1. The smallest absolute Gasteiger partial charge is 0.262 e. The summed E-state index contributed by atoms with van der Waals surface area (Å²) < 4.78 is 22.3. The second-order valence-corrected chi connectivity index (χ2v) is 16.5. The summed E-state index contributed by atoms with van der Waals surface area (Å²) in [6, 6.07) is 30.4. The lowest BCUT2D eigenvalue weighted by molar-refractivity contribution is -0.123. The first-order valence-corrected chi connectivity index (χ1v) is 15.1. The molecule has 1 fully saturated rings. The van der Waals surface area contributed by atoms with E-state index in [0.717, 1.165) is 15.9 Å². The van der Waals surface area contributed by atoms with Gasteiger partial charge in [0.25, 0.3) is 8.24 Å². The Morgan fingerprint density at radius 1 is 0.879 bits per heavy atom. The van der Waals surface area contributed by atoms with Crippen molar-refractivity contribution in [2.75, 3.05) is 5.75 Å². The standard InChI is InChI=1S/C27H32N2O2SSi/c1-27(2,3)33(24-15-9-5-10-16-24,25-17-11-6-12-18-25)29-32(31)20-19-23(26(30)28-32)21-22-13-7-4-8-14-22/h4-18,23H,19-21H2,1-3H3,(H,28,29,30,31). The van der Waals surface area contributed by atoms with Crippen LogP contribution in [0, 0.1) is 5.92 Å². The van der Waals surface area contributed by atoms with E-state index in [1.165, 1.54) is 0 Å². The molecule has 0 saturated carbocycles. The number of hydrogen-bond acceptors (Lipinski definition) is 3. The lowest BCUT2D eigenvalue weighted by Crippen LogP contribution is -2.64. The summed E-state index contributed by atoms with van der Waals surface area (Å²) in [7, 11) is -5.81. The molecular formula is C27H32N2O2SSi. The van der Waals surface area contributed by atoms with Crippen LogP contribution in [-0.2, 0) is 21.1 Å². The quantitative estimate of drug-likeness (QED) is 0.558. The Kier molecular flexibility index (Phi) is 6.59. The van der Waals surface area contributed by atoms with Gasteiger partial charge in [-0.15, -0.1) is 0 Å². The summed E-state index contributed by atoms with van der Waals surface area (Å²) in [5.74, 6) is 0.0360. The van der Waals surface area contributed by atoms with Gasteiger partial charge < -0.3 is 0 Å². The van der Waals surface area contributed by atoms with Crippen molar-refractivity contribution < 1.29 is 9.00 Å². The lowest BCUT2D eigenvalue weighted by Gasteiger charge is -2.41. The third-order valence-corrected chi connectivity index (χ3v) is 14.5. The lowest BCUT2D eigenvalue weighted by atomic mass is 9.96. The van der Waals surface area contributed by atoms with Crippen LogP contribution >= 0.6 is 0 Å². The fraction of sp³-hybridized carbons (Fsp3) is 0.296. The molecule has 1 heterocycles. The Bertz CT molecular complexity index is 1180. The molecule has 0 aliphatic carbocycles. The Morgan fingerprint density at radius 2 is 1.36 bits per heavy atom. The van der Waals surface area contributed by atoms with E-state index >= 15 is 0 Å². The number of benzene rings is 3. The Labute approximate surface area is 198 Å². The molecule has 1 amide bonds. The third kappa shape index (κ3) is 4.82. The minimum absolute atomic E-state index is 0.156. The molecule has 1 aliphatic rings. The van der Waals surface area contributed by atoms with Gasteiger partial charge in [-0.3, -0.25) is 9.52 Å². The maximum atomic E-state index is 14.2. The molecule has 1 aliphatic heterocycles. The molecule has 3 aromatic rings. The molecule has 1 N–H and O–H groups in total. The van der Waals surface area contributed by atoms with Crippen LogP contribution in [0.1, 0.15) is 32.8 Å². The SMILES string of the molecule is CC(C)(C)[Si](N=S1(=O)CCC(Cc2ccccc2)C(=O)N1)(c1ccccc1)c1ccccc1. The average Bonchev–Trinajstić information content (AvgIpc) is 2.81. The summed E-state index contributed by atoms with van der Waals surface area (Å²) in [6.07, 6.45) is 1.22. The van der Waals surface area contributed by atoms with Crippen LogP contribution < -0.4 is 15.1 Å². The second kappa shape index (κ2) is 9.27. The van der Waals surface area contributed by atoms with Crippen LogP contribution in [-0.4, -0.2) is 24.1 Å². The first kappa shape index (κ1) is 23.5. The van der Waals surface area contributed by atoms with Gasteiger partial charge in [0.2, 0.25) is 5.91 Å². The van der Waals surface area contributed by atoms with Gasteiger partial charge in [0.15, 0.2) is 0 Å². The molecule has 1 saturated heterocycles. The van der Waals surface area contributed by atoms with Gasteiger partial charge >= 0.3 is 0 Å². The van der Waals surface area contributed by atoms with Gasteiger partial charge in [0.1, 0.15) is 9.92 Å². The van der Waals surface area contributed by atoms with Crippen molar-refractivity contribution in [1.29, 1.82) is 0 Å². The van der Waals surface area contributed by atoms with E-state index < -0.39 is 18.2 Å². The van der Waals surface area contributed by atoms with Gasteiger partial charge in [-0.2, -0.15) is 0 Å². The number of hydrogen-bond donors (Lipinski definition) is 1.